The minimum atomic E-state index is -0.289. The number of nitrogens with zero attached hydrogens (tertiary/aromatic N) is 3. The van der Waals surface area contributed by atoms with Crippen molar-refractivity contribution in [2.45, 2.75) is 26.7 Å². The van der Waals surface area contributed by atoms with Crippen LogP contribution in [0.5, 0.6) is 11.6 Å². The van der Waals surface area contributed by atoms with E-state index in [1.54, 1.807) is 24.4 Å². The van der Waals surface area contributed by atoms with Crippen molar-refractivity contribution in [3.8, 4) is 11.6 Å². The predicted octanol–water partition coefficient (Wildman–Crippen LogP) is 4.03. The first-order chi connectivity index (χ1) is 10.2. The van der Waals surface area contributed by atoms with E-state index >= 15 is 0 Å². The molecule has 0 unspecified atom stereocenters. The van der Waals surface area contributed by atoms with Crippen molar-refractivity contribution in [1.82, 2.24) is 9.97 Å². The highest BCUT2D eigenvalue weighted by Gasteiger charge is 2.08. The number of rotatable bonds is 7. The van der Waals surface area contributed by atoms with Gasteiger partial charge in [-0.1, -0.05) is 13.3 Å². The number of benzene rings is 1. The molecule has 1 heterocycles. The smallest absolute Gasteiger partial charge is 0.228 e. The van der Waals surface area contributed by atoms with Crippen LogP contribution in [0.1, 0.15) is 26.7 Å². The maximum absolute atomic E-state index is 12.9. The van der Waals surface area contributed by atoms with Crippen molar-refractivity contribution in [2.75, 3.05) is 18.0 Å². The van der Waals surface area contributed by atoms with E-state index in [2.05, 4.69) is 28.7 Å². The Labute approximate surface area is 124 Å². The summed E-state index contributed by atoms with van der Waals surface area (Å²) in [6, 6.07) is 7.56. The van der Waals surface area contributed by atoms with Crippen LogP contribution in [-0.4, -0.2) is 23.1 Å². The van der Waals surface area contributed by atoms with Gasteiger partial charge in [-0.2, -0.15) is 4.98 Å². The number of hydrogen-bond acceptors (Lipinski definition) is 4. The van der Waals surface area contributed by atoms with Gasteiger partial charge in [0.1, 0.15) is 11.6 Å². The summed E-state index contributed by atoms with van der Waals surface area (Å²) in [5.41, 5.74) is 0. The molecule has 0 saturated heterocycles. The van der Waals surface area contributed by atoms with Crippen molar-refractivity contribution >= 4 is 5.95 Å². The molecule has 112 valence electrons. The van der Waals surface area contributed by atoms with Gasteiger partial charge in [-0.05, 0) is 37.6 Å². The standard InChI is InChI=1S/C16H20FN3O/c1-3-5-12-20(4-2)16-18-11-10-15(19-16)21-14-8-6-13(17)7-9-14/h6-11H,3-5,12H2,1-2H3. The number of unbranched alkanes of at least 4 members (excludes halogenated alkanes) is 1. The van der Waals surface area contributed by atoms with E-state index < -0.39 is 0 Å². The quantitative estimate of drug-likeness (QED) is 0.771. The van der Waals surface area contributed by atoms with E-state index in [1.165, 1.54) is 12.1 Å². The molecule has 0 aliphatic carbocycles. The molecular weight excluding hydrogens is 269 g/mol. The monoisotopic (exact) mass is 289 g/mol. The molecule has 4 nitrogen and oxygen atoms in total. The third-order valence-corrected chi connectivity index (χ3v) is 3.10. The van der Waals surface area contributed by atoms with Gasteiger partial charge in [0.25, 0.3) is 0 Å². The van der Waals surface area contributed by atoms with Gasteiger partial charge in [0, 0.05) is 25.4 Å². The van der Waals surface area contributed by atoms with Gasteiger partial charge in [-0.25, -0.2) is 9.37 Å². The number of halogens is 1. The maximum atomic E-state index is 12.9. The van der Waals surface area contributed by atoms with Crippen LogP contribution in [0.25, 0.3) is 0 Å². The Morgan fingerprint density at radius 2 is 1.90 bits per heavy atom. The molecule has 0 N–H and O–H groups in total. The zero-order valence-corrected chi connectivity index (χ0v) is 12.4. The van der Waals surface area contributed by atoms with Gasteiger partial charge >= 0.3 is 0 Å². The van der Waals surface area contributed by atoms with Gasteiger partial charge in [0.05, 0.1) is 0 Å². The fraction of sp³-hybridized carbons (Fsp3) is 0.375. The van der Waals surface area contributed by atoms with E-state index in [0.717, 1.165) is 25.9 Å². The minimum Gasteiger partial charge on any atom is -0.439 e. The molecule has 0 saturated carbocycles. The van der Waals surface area contributed by atoms with Gasteiger partial charge in [0.15, 0.2) is 0 Å². The van der Waals surface area contributed by atoms with E-state index in [0.29, 0.717) is 17.6 Å². The number of anilines is 1. The largest absolute Gasteiger partial charge is 0.439 e. The topological polar surface area (TPSA) is 38.2 Å². The van der Waals surface area contributed by atoms with Gasteiger partial charge in [0.2, 0.25) is 11.8 Å². The summed E-state index contributed by atoms with van der Waals surface area (Å²) in [5.74, 6) is 1.38. The fourth-order valence-electron chi connectivity index (χ4n) is 1.91. The molecule has 1 aromatic heterocycles. The summed E-state index contributed by atoms with van der Waals surface area (Å²) < 4.78 is 18.5. The average Bonchev–Trinajstić information content (AvgIpc) is 2.51. The lowest BCUT2D eigenvalue weighted by Crippen LogP contribution is -2.25. The van der Waals surface area contributed by atoms with Gasteiger partial charge in [-0.3, -0.25) is 0 Å². The molecule has 0 fully saturated rings. The predicted molar refractivity (Wildman–Crippen MR) is 81.3 cm³/mol. The summed E-state index contributed by atoms with van der Waals surface area (Å²) in [5, 5.41) is 0. The highest BCUT2D eigenvalue weighted by atomic mass is 19.1. The zero-order valence-electron chi connectivity index (χ0n) is 12.4. The number of hydrogen-bond donors (Lipinski definition) is 0. The van der Waals surface area contributed by atoms with Crippen LogP contribution in [0.15, 0.2) is 36.5 Å². The van der Waals surface area contributed by atoms with Crippen LogP contribution in [0.3, 0.4) is 0 Å². The Kier molecular flexibility index (Phi) is 5.49. The number of ether oxygens (including phenoxy) is 1. The lowest BCUT2D eigenvalue weighted by Gasteiger charge is -2.20. The summed E-state index contributed by atoms with van der Waals surface area (Å²) in [7, 11) is 0. The molecular formula is C16H20FN3O. The van der Waals surface area contributed by atoms with Crippen LogP contribution in [0.2, 0.25) is 0 Å². The van der Waals surface area contributed by atoms with Crippen molar-refractivity contribution < 1.29 is 9.13 Å². The van der Waals surface area contributed by atoms with E-state index in [1.807, 2.05) is 0 Å². The number of aromatic nitrogens is 2. The molecule has 0 aliphatic heterocycles. The Balaban J connectivity index is 2.11. The average molecular weight is 289 g/mol. The zero-order chi connectivity index (χ0) is 15.1. The van der Waals surface area contributed by atoms with Crippen molar-refractivity contribution in [3.05, 3.63) is 42.3 Å². The molecule has 0 atom stereocenters. The molecule has 0 radical (unpaired) electrons. The van der Waals surface area contributed by atoms with Crippen LogP contribution in [0.4, 0.5) is 10.3 Å². The second kappa shape index (κ2) is 7.57. The SMILES string of the molecule is CCCCN(CC)c1nccc(Oc2ccc(F)cc2)n1. The molecule has 0 amide bonds. The Bertz CT molecular complexity index is 560. The molecule has 0 aliphatic rings. The Morgan fingerprint density at radius 1 is 1.14 bits per heavy atom. The molecule has 0 bridgehead atoms. The van der Waals surface area contributed by atoms with E-state index in [9.17, 15) is 4.39 Å². The minimum absolute atomic E-state index is 0.289. The Morgan fingerprint density at radius 3 is 2.57 bits per heavy atom. The van der Waals surface area contributed by atoms with Gasteiger partial charge < -0.3 is 9.64 Å². The first-order valence-electron chi connectivity index (χ1n) is 7.24. The fourth-order valence-corrected chi connectivity index (χ4v) is 1.91. The third kappa shape index (κ3) is 4.41. The van der Waals surface area contributed by atoms with Crippen molar-refractivity contribution in [2.24, 2.45) is 0 Å². The Hall–Kier alpha value is -2.17. The second-order valence-electron chi connectivity index (χ2n) is 4.68. The van der Waals surface area contributed by atoms with Crippen LogP contribution in [0, 0.1) is 5.82 Å². The molecule has 21 heavy (non-hydrogen) atoms. The maximum Gasteiger partial charge on any atom is 0.228 e. The first-order valence-corrected chi connectivity index (χ1v) is 7.24. The van der Waals surface area contributed by atoms with Crippen molar-refractivity contribution in [3.63, 3.8) is 0 Å². The van der Waals surface area contributed by atoms with E-state index in [4.69, 9.17) is 4.74 Å². The molecule has 1 aromatic carbocycles. The van der Waals surface area contributed by atoms with E-state index in [-0.39, 0.29) is 5.82 Å². The highest BCUT2D eigenvalue weighted by molar-refractivity contribution is 5.34. The normalized spacial score (nSPS) is 10.4. The van der Waals surface area contributed by atoms with Crippen LogP contribution >= 0.6 is 0 Å². The summed E-state index contributed by atoms with van der Waals surface area (Å²) in [6.45, 7) is 6.00. The molecule has 0 spiro atoms. The molecule has 5 heteroatoms. The second-order valence-corrected chi connectivity index (χ2v) is 4.68. The lowest BCUT2D eigenvalue weighted by atomic mass is 10.3. The van der Waals surface area contributed by atoms with Crippen LogP contribution in [-0.2, 0) is 0 Å². The molecule has 2 rings (SSSR count). The summed E-state index contributed by atoms with van der Waals surface area (Å²) >= 11 is 0. The van der Waals surface area contributed by atoms with Crippen molar-refractivity contribution in [1.29, 1.82) is 0 Å². The van der Waals surface area contributed by atoms with Gasteiger partial charge in [-0.15, -0.1) is 0 Å². The third-order valence-electron chi connectivity index (χ3n) is 3.10. The molecule has 2 aromatic rings. The lowest BCUT2D eigenvalue weighted by molar-refractivity contribution is 0.459. The summed E-state index contributed by atoms with van der Waals surface area (Å²) in [4.78, 5) is 10.8. The highest BCUT2D eigenvalue weighted by Crippen LogP contribution is 2.21. The first kappa shape index (κ1) is 15.2. The summed E-state index contributed by atoms with van der Waals surface area (Å²) in [6.07, 6.45) is 3.90. The van der Waals surface area contributed by atoms with Crippen LogP contribution < -0.4 is 9.64 Å².